The van der Waals surface area contributed by atoms with Crippen LogP contribution in [0.1, 0.15) is 12.0 Å². The van der Waals surface area contributed by atoms with Crippen LogP contribution in [0.4, 0.5) is 10.8 Å². The first-order valence-corrected chi connectivity index (χ1v) is 9.80. The molecule has 0 aliphatic carbocycles. The van der Waals surface area contributed by atoms with Crippen LogP contribution in [0.3, 0.4) is 0 Å². The SMILES string of the molecule is O=[N+]([O-])c1cccc2c1OCC/C2=N\Nc1nc(-c2ccc(Cl)c(Cl)c2)cs1. The summed E-state index contributed by atoms with van der Waals surface area (Å²) in [6, 6.07) is 10.1. The number of benzene rings is 2. The van der Waals surface area contributed by atoms with Crippen molar-refractivity contribution in [3.05, 3.63) is 67.5 Å². The Morgan fingerprint density at radius 2 is 2.11 bits per heavy atom. The summed E-state index contributed by atoms with van der Waals surface area (Å²) in [5.74, 6) is 0.245. The van der Waals surface area contributed by atoms with Gasteiger partial charge in [0.05, 0.1) is 33.0 Å². The Morgan fingerprint density at radius 3 is 2.89 bits per heavy atom. The van der Waals surface area contributed by atoms with Crippen molar-refractivity contribution >= 4 is 51.1 Å². The minimum Gasteiger partial charge on any atom is -0.486 e. The van der Waals surface area contributed by atoms with Crippen LogP contribution in [-0.4, -0.2) is 22.2 Å². The molecule has 0 bridgehead atoms. The highest BCUT2D eigenvalue weighted by atomic mass is 35.5. The molecule has 0 spiro atoms. The number of anilines is 1. The normalized spacial score (nSPS) is 14.4. The van der Waals surface area contributed by atoms with Crippen LogP contribution in [-0.2, 0) is 0 Å². The minimum absolute atomic E-state index is 0.0685. The lowest BCUT2D eigenvalue weighted by Crippen LogP contribution is -2.18. The first kappa shape index (κ1) is 18.7. The van der Waals surface area contributed by atoms with E-state index in [4.69, 9.17) is 27.9 Å². The maximum Gasteiger partial charge on any atom is 0.311 e. The number of hydrazone groups is 1. The van der Waals surface area contributed by atoms with Gasteiger partial charge in [-0.15, -0.1) is 11.3 Å². The molecule has 1 aliphatic rings. The van der Waals surface area contributed by atoms with Crippen LogP contribution < -0.4 is 10.2 Å². The molecular weight excluding hydrogens is 423 g/mol. The van der Waals surface area contributed by atoms with E-state index in [2.05, 4.69) is 15.5 Å². The Balaban J connectivity index is 1.58. The Hall–Kier alpha value is -2.68. The second kappa shape index (κ2) is 7.75. The van der Waals surface area contributed by atoms with E-state index in [0.717, 1.165) is 11.3 Å². The molecule has 28 heavy (non-hydrogen) atoms. The first-order valence-electron chi connectivity index (χ1n) is 8.17. The molecule has 0 saturated carbocycles. The highest BCUT2D eigenvalue weighted by molar-refractivity contribution is 7.14. The van der Waals surface area contributed by atoms with E-state index in [0.29, 0.717) is 39.5 Å². The van der Waals surface area contributed by atoms with Crippen molar-refractivity contribution in [2.24, 2.45) is 5.10 Å². The van der Waals surface area contributed by atoms with Crippen molar-refractivity contribution in [2.75, 3.05) is 12.0 Å². The monoisotopic (exact) mass is 434 g/mol. The van der Waals surface area contributed by atoms with Crippen molar-refractivity contribution in [3.63, 3.8) is 0 Å². The maximum absolute atomic E-state index is 11.2. The predicted molar refractivity (Wildman–Crippen MR) is 111 cm³/mol. The zero-order valence-corrected chi connectivity index (χ0v) is 16.5. The zero-order valence-electron chi connectivity index (χ0n) is 14.2. The molecular formula is C18H12Cl2N4O3S. The first-order chi connectivity index (χ1) is 13.5. The molecule has 1 aliphatic heterocycles. The van der Waals surface area contributed by atoms with Crippen LogP contribution in [0, 0.1) is 10.1 Å². The van der Waals surface area contributed by atoms with E-state index in [-0.39, 0.29) is 11.4 Å². The molecule has 3 aromatic rings. The van der Waals surface area contributed by atoms with E-state index in [9.17, 15) is 10.1 Å². The lowest BCUT2D eigenvalue weighted by Gasteiger charge is -2.18. The molecule has 0 unspecified atom stereocenters. The van der Waals surface area contributed by atoms with Crippen molar-refractivity contribution < 1.29 is 9.66 Å². The fourth-order valence-electron chi connectivity index (χ4n) is 2.78. The number of halogens is 2. The van der Waals surface area contributed by atoms with Gasteiger partial charge in [-0.05, 0) is 18.2 Å². The van der Waals surface area contributed by atoms with E-state index < -0.39 is 4.92 Å². The number of aromatic nitrogens is 1. The van der Waals surface area contributed by atoms with Gasteiger partial charge in [0.2, 0.25) is 10.9 Å². The van der Waals surface area contributed by atoms with Gasteiger partial charge in [-0.3, -0.25) is 15.5 Å². The second-order valence-corrected chi connectivity index (χ2v) is 7.52. The second-order valence-electron chi connectivity index (χ2n) is 5.85. The average molecular weight is 435 g/mol. The molecule has 0 saturated heterocycles. The summed E-state index contributed by atoms with van der Waals surface area (Å²) >= 11 is 13.4. The van der Waals surface area contributed by atoms with Gasteiger partial charge in [-0.25, -0.2) is 4.98 Å². The maximum atomic E-state index is 11.2. The fourth-order valence-corrected chi connectivity index (χ4v) is 3.74. The number of fused-ring (bicyclic) bond motifs is 1. The summed E-state index contributed by atoms with van der Waals surface area (Å²) in [4.78, 5) is 15.2. The highest BCUT2D eigenvalue weighted by Gasteiger charge is 2.25. The molecule has 2 heterocycles. The number of nitrogens with one attached hydrogen (secondary N) is 1. The lowest BCUT2D eigenvalue weighted by molar-refractivity contribution is -0.385. The molecule has 1 aromatic heterocycles. The summed E-state index contributed by atoms with van der Waals surface area (Å²) < 4.78 is 5.49. The van der Waals surface area contributed by atoms with E-state index in [1.807, 2.05) is 11.4 Å². The molecule has 2 aromatic carbocycles. The van der Waals surface area contributed by atoms with Crippen LogP contribution in [0.2, 0.25) is 10.0 Å². The van der Waals surface area contributed by atoms with Gasteiger partial charge in [-0.1, -0.05) is 35.3 Å². The number of thiazole rings is 1. The number of nitro groups is 1. The summed E-state index contributed by atoms with van der Waals surface area (Å²) in [5, 5.41) is 19.0. The van der Waals surface area contributed by atoms with Crippen LogP contribution in [0.15, 0.2) is 46.9 Å². The molecule has 142 valence electrons. The Bertz CT molecular complexity index is 1100. The molecule has 10 heteroatoms. The third-order valence-electron chi connectivity index (χ3n) is 4.09. The smallest absolute Gasteiger partial charge is 0.311 e. The summed E-state index contributed by atoms with van der Waals surface area (Å²) in [6.45, 7) is 0.324. The topological polar surface area (TPSA) is 89.7 Å². The zero-order chi connectivity index (χ0) is 19.7. The number of ether oxygens (including phenoxy) is 1. The molecule has 0 radical (unpaired) electrons. The molecule has 1 N–H and O–H groups in total. The predicted octanol–water partition coefficient (Wildman–Crippen LogP) is 5.62. The van der Waals surface area contributed by atoms with Gasteiger partial charge in [0.1, 0.15) is 0 Å². The third-order valence-corrected chi connectivity index (χ3v) is 5.58. The number of hydrogen-bond acceptors (Lipinski definition) is 7. The van der Waals surface area contributed by atoms with E-state index in [1.54, 1.807) is 24.3 Å². The molecule has 0 amide bonds. The Morgan fingerprint density at radius 1 is 1.25 bits per heavy atom. The molecule has 0 fully saturated rings. The largest absolute Gasteiger partial charge is 0.486 e. The minimum atomic E-state index is -0.459. The van der Waals surface area contributed by atoms with E-state index in [1.165, 1.54) is 17.4 Å². The van der Waals surface area contributed by atoms with Crippen molar-refractivity contribution in [3.8, 4) is 17.0 Å². The van der Waals surface area contributed by atoms with Crippen LogP contribution in [0.5, 0.6) is 5.75 Å². The molecule has 0 atom stereocenters. The highest BCUT2D eigenvalue weighted by Crippen LogP contribution is 2.35. The number of rotatable bonds is 4. The standard InChI is InChI=1S/C18H12Cl2N4O3S/c19-12-5-4-10(8-13(12)20)15-9-28-18(21-15)23-22-14-6-7-27-17-11(14)2-1-3-16(17)24(25)26/h1-5,8-9H,6-7H2,(H,21,23)/b22-14+. The number of nitro benzene ring substituents is 1. The van der Waals surface area contributed by atoms with Crippen LogP contribution >= 0.6 is 34.5 Å². The summed E-state index contributed by atoms with van der Waals surface area (Å²) in [5.41, 5.74) is 5.74. The van der Waals surface area contributed by atoms with Crippen molar-refractivity contribution in [1.82, 2.24) is 4.98 Å². The number of hydrogen-bond donors (Lipinski definition) is 1. The molecule has 7 nitrogen and oxygen atoms in total. The summed E-state index contributed by atoms with van der Waals surface area (Å²) in [6.07, 6.45) is 0.534. The van der Waals surface area contributed by atoms with Gasteiger partial charge >= 0.3 is 5.69 Å². The lowest BCUT2D eigenvalue weighted by atomic mass is 10.0. The van der Waals surface area contributed by atoms with Crippen molar-refractivity contribution in [1.29, 1.82) is 0 Å². The summed E-state index contributed by atoms with van der Waals surface area (Å²) in [7, 11) is 0. The number of para-hydroxylation sites is 1. The van der Waals surface area contributed by atoms with Gasteiger partial charge in [-0.2, -0.15) is 5.10 Å². The third kappa shape index (κ3) is 3.66. The van der Waals surface area contributed by atoms with E-state index >= 15 is 0 Å². The van der Waals surface area contributed by atoms with Gasteiger partial charge in [0, 0.05) is 29.0 Å². The quantitative estimate of drug-likeness (QED) is 0.424. The van der Waals surface area contributed by atoms with Gasteiger partial charge < -0.3 is 4.74 Å². The van der Waals surface area contributed by atoms with Gasteiger partial charge in [0.25, 0.3) is 0 Å². The van der Waals surface area contributed by atoms with Crippen molar-refractivity contribution in [2.45, 2.75) is 6.42 Å². The van der Waals surface area contributed by atoms with Gasteiger partial charge in [0.15, 0.2) is 0 Å². The average Bonchev–Trinajstić information content (AvgIpc) is 3.17. The molecule has 4 rings (SSSR count). The Labute approximate surface area is 173 Å². The fraction of sp³-hybridized carbons (Fsp3) is 0.111. The Kier molecular flexibility index (Phi) is 5.17. The van der Waals surface area contributed by atoms with Crippen LogP contribution in [0.25, 0.3) is 11.3 Å². The number of nitrogens with zero attached hydrogens (tertiary/aromatic N) is 3.